The highest BCUT2D eigenvalue weighted by atomic mass is 16.5. The van der Waals surface area contributed by atoms with Crippen molar-refractivity contribution in [3.8, 4) is 0 Å². The lowest BCUT2D eigenvalue weighted by atomic mass is 10.00. The van der Waals surface area contributed by atoms with E-state index in [1.807, 2.05) is 22.7 Å². The molecular weight excluding hydrogens is 308 g/mol. The number of ether oxygens (including phenoxy) is 1. The molecule has 128 valence electrons. The lowest BCUT2D eigenvalue weighted by Crippen LogP contribution is -2.42. The quantitative estimate of drug-likeness (QED) is 0.928. The summed E-state index contributed by atoms with van der Waals surface area (Å²) in [5.41, 5.74) is 1.78. The van der Waals surface area contributed by atoms with Crippen LogP contribution in [-0.4, -0.2) is 44.3 Å². The van der Waals surface area contributed by atoms with Crippen LogP contribution >= 0.6 is 0 Å². The van der Waals surface area contributed by atoms with Crippen LogP contribution in [-0.2, 0) is 18.4 Å². The third-order valence-electron chi connectivity index (χ3n) is 4.21. The molecule has 24 heavy (non-hydrogen) atoms. The van der Waals surface area contributed by atoms with Gasteiger partial charge in [-0.05, 0) is 25.3 Å². The Morgan fingerprint density at radius 1 is 1.42 bits per heavy atom. The Morgan fingerprint density at radius 3 is 3.04 bits per heavy atom. The molecule has 3 heterocycles. The molecule has 2 aromatic heterocycles. The smallest absolute Gasteiger partial charge is 0.323 e. The third-order valence-corrected chi connectivity index (χ3v) is 4.21. The molecule has 2 amide bonds. The Bertz CT molecular complexity index is 701. The maximum Gasteiger partial charge on any atom is 0.323 e. The second-order valence-electron chi connectivity index (χ2n) is 5.84. The van der Waals surface area contributed by atoms with E-state index in [9.17, 15) is 4.79 Å². The van der Waals surface area contributed by atoms with E-state index < -0.39 is 0 Å². The first-order valence-electron chi connectivity index (χ1n) is 8.04. The van der Waals surface area contributed by atoms with Crippen LogP contribution in [0, 0.1) is 0 Å². The van der Waals surface area contributed by atoms with Crippen LogP contribution in [0.5, 0.6) is 0 Å². The van der Waals surface area contributed by atoms with Gasteiger partial charge in [0.15, 0.2) is 0 Å². The number of nitrogens with zero attached hydrogens (tertiary/aromatic N) is 5. The summed E-state index contributed by atoms with van der Waals surface area (Å²) in [5.74, 6) is 0.483. The van der Waals surface area contributed by atoms with Crippen molar-refractivity contribution in [1.29, 1.82) is 0 Å². The number of anilines is 1. The molecule has 0 radical (unpaired) electrons. The molecule has 0 saturated carbocycles. The number of hydrogen-bond acceptors (Lipinski definition) is 5. The SMILES string of the molecule is COCc1cc(NC(=O)N2CCCC[C@H]2c2ccnn2C)ncn1. The van der Waals surface area contributed by atoms with Crippen molar-refractivity contribution in [1.82, 2.24) is 24.6 Å². The van der Waals surface area contributed by atoms with Gasteiger partial charge in [0.25, 0.3) is 0 Å². The van der Waals surface area contributed by atoms with E-state index in [1.165, 1.54) is 6.33 Å². The van der Waals surface area contributed by atoms with Crippen LogP contribution in [0.3, 0.4) is 0 Å². The maximum atomic E-state index is 12.7. The van der Waals surface area contributed by atoms with Crippen LogP contribution in [0.4, 0.5) is 10.6 Å². The Labute approximate surface area is 140 Å². The number of amides is 2. The van der Waals surface area contributed by atoms with Gasteiger partial charge in [-0.1, -0.05) is 0 Å². The molecule has 8 heteroatoms. The van der Waals surface area contributed by atoms with E-state index in [2.05, 4.69) is 20.4 Å². The van der Waals surface area contributed by atoms with Crippen molar-refractivity contribution in [3.63, 3.8) is 0 Å². The van der Waals surface area contributed by atoms with E-state index in [0.29, 0.717) is 12.4 Å². The first kappa shape index (κ1) is 16.4. The number of hydrogen-bond donors (Lipinski definition) is 1. The van der Waals surface area contributed by atoms with Gasteiger partial charge < -0.3 is 9.64 Å². The van der Waals surface area contributed by atoms with Crippen LogP contribution < -0.4 is 5.32 Å². The monoisotopic (exact) mass is 330 g/mol. The van der Waals surface area contributed by atoms with Gasteiger partial charge in [0.1, 0.15) is 12.1 Å². The number of aromatic nitrogens is 4. The highest BCUT2D eigenvalue weighted by molar-refractivity contribution is 5.88. The molecular formula is C16H22N6O2. The lowest BCUT2D eigenvalue weighted by Gasteiger charge is -2.35. The summed E-state index contributed by atoms with van der Waals surface area (Å²) in [6.07, 6.45) is 6.23. The highest BCUT2D eigenvalue weighted by Gasteiger charge is 2.30. The number of methoxy groups -OCH3 is 1. The van der Waals surface area contributed by atoms with E-state index >= 15 is 0 Å². The Balaban J connectivity index is 1.75. The predicted octanol–water partition coefficient (Wildman–Crippen LogP) is 2.12. The summed E-state index contributed by atoms with van der Waals surface area (Å²) < 4.78 is 6.89. The van der Waals surface area contributed by atoms with Gasteiger partial charge >= 0.3 is 6.03 Å². The van der Waals surface area contributed by atoms with Crippen molar-refractivity contribution in [2.24, 2.45) is 7.05 Å². The summed E-state index contributed by atoms with van der Waals surface area (Å²) in [5, 5.41) is 7.10. The Kier molecular flexibility index (Phi) is 5.05. The summed E-state index contributed by atoms with van der Waals surface area (Å²) in [6, 6.07) is 3.58. The minimum atomic E-state index is -0.150. The average molecular weight is 330 g/mol. The second-order valence-corrected chi connectivity index (χ2v) is 5.84. The number of aryl methyl sites for hydroxylation is 1. The molecule has 0 aromatic carbocycles. The van der Waals surface area contributed by atoms with Crippen LogP contribution in [0.1, 0.15) is 36.7 Å². The van der Waals surface area contributed by atoms with Gasteiger partial charge in [0.2, 0.25) is 0 Å². The first-order valence-corrected chi connectivity index (χ1v) is 8.04. The van der Waals surface area contributed by atoms with E-state index in [4.69, 9.17) is 4.74 Å². The number of piperidine rings is 1. The molecule has 3 rings (SSSR count). The summed E-state index contributed by atoms with van der Waals surface area (Å²) in [4.78, 5) is 22.8. The number of nitrogens with one attached hydrogen (secondary N) is 1. The fourth-order valence-corrected chi connectivity index (χ4v) is 3.07. The molecule has 0 spiro atoms. The van der Waals surface area contributed by atoms with Gasteiger partial charge in [0.05, 0.1) is 24.0 Å². The topological polar surface area (TPSA) is 85.2 Å². The Morgan fingerprint density at radius 2 is 2.29 bits per heavy atom. The molecule has 0 aliphatic carbocycles. The second kappa shape index (κ2) is 7.39. The van der Waals surface area contributed by atoms with E-state index in [1.54, 1.807) is 19.4 Å². The van der Waals surface area contributed by atoms with E-state index in [0.717, 1.165) is 37.2 Å². The molecule has 0 unspecified atom stereocenters. The first-order chi connectivity index (χ1) is 11.7. The predicted molar refractivity (Wildman–Crippen MR) is 88.3 cm³/mol. The highest BCUT2D eigenvalue weighted by Crippen LogP contribution is 2.30. The zero-order valence-corrected chi connectivity index (χ0v) is 14.0. The van der Waals surface area contributed by atoms with Crippen molar-refractivity contribution < 1.29 is 9.53 Å². The zero-order valence-electron chi connectivity index (χ0n) is 14.0. The number of rotatable bonds is 4. The Hall–Kier alpha value is -2.48. The van der Waals surface area contributed by atoms with Gasteiger partial charge in [-0.25, -0.2) is 14.8 Å². The molecule has 1 fully saturated rings. The van der Waals surface area contributed by atoms with Crippen molar-refractivity contribution in [2.75, 3.05) is 19.0 Å². The van der Waals surface area contributed by atoms with E-state index in [-0.39, 0.29) is 12.1 Å². The lowest BCUT2D eigenvalue weighted by molar-refractivity contribution is 0.159. The standard InChI is InChI=1S/C16H22N6O2/c1-21-13(6-7-19-21)14-5-3-4-8-22(14)16(23)20-15-9-12(10-24-2)17-11-18-15/h6-7,9,11,14H,3-5,8,10H2,1-2H3,(H,17,18,20,23)/t14-/m0/s1. The molecule has 2 aromatic rings. The number of carbonyl (C=O) groups excluding carboxylic acids is 1. The molecule has 8 nitrogen and oxygen atoms in total. The molecule has 1 atom stereocenters. The fraction of sp³-hybridized carbons (Fsp3) is 0.500. The molecule has 1 aliphatic heterocycles. The van der Waals surface area contributed by atoms with Crippen LogP contribution in [0.25, 0.3) is 0 Å². The summed E-state index contributed by atoms with van der Waals surface area (Å²) in [6.45, 7) is 1.10. The van der Waals surface area contributed by atoms with Crippen LogP contribution in [0.15, 0.2) is 24.7 Å². The molecule has 1 N–H and O–H groups in total. The van der Waals surface area contributed by atoms with Gasteiger partial charge in [-0.2, -0.15) is 5.10 Å². The summed E-state index contributed by atoms with van der Waals surface area (Å²) in [7, 11) is 3.51. The van der Waals surface area contributed by atoms with Gasteiger partial charge in [-0.15, -0.1) is 0 Å². The van der Waals surface area contributed by atoms with Crippen molar-refractivity contribution in [2.45, 2.75) is 31.9 Å². The normalized spacial score (nSPS) is 17.8. The summed E-state index contributed by atoms with van der Waals surface area (Å²) >= 11 is 0. The van der Waals surface area contributed by atoms with Gasteiger partial charge in [0, 0.05) is 33.0 Å². The molecule has 1 saturated heterocycles. The average Bonchev–Trinajstić information content (AvgIpc) is 3.01. The molecule has 0 bridgehead atoms. The molecule has 1 aliphatic rings. The number of likely N-dealkylation sites (tertiary alicyclic amines) is 1. The fourth-order valence-electron chi connectivity index (χ4n) is 3.07. The largest absolute Gasteiger partial charge is 0.378 e. The maximum absolute atomic E-state index is 12.7. The van der Waals surface area contributed by atoms with Gasteiger partial charge in [-0.3, -0.25) is 10.00 Å². The minimum Gasteiger partial charge on any atom is -0.378 e. The van der Waals surface area contributed by atoms with Crippen LogP contribution in [0.2, 0.25) is 0 Å². The zero-order chi connectivity index (χ0) is 16.9. The van der Waals surface area contributed by atoms with Crippen molar-refractivity contribution in [3.05, 3.63) is 36.0 Å². The minimum absolute atomic E-state index is 0.0338. The number of carbonyl (C=O) groups is 1. The van der Waals surface area contributed by atoms with Crippen molar-refractivity contribution >= 4 is 11.8 Å². The third kappa shape index (κ3) is 3.53. The number of urea groups is 1.